The number of rotatable bonds is 5. The monoisotopic (exact) mass is 481 g/mol. The minimum atomic E-state index is -0.544. The molecule has 3 aromatic carbocycles. The maximum absolute atomic E-state index is 13.1. The van der Waals surface area contributed by atoms with Gasteiger partial charge in [0.05, 0.1) is 17.1 Å². The standard InChI is InChI=1S/C27H23N5O4/c1-17(33)24-15-22(30-32(24)20-7-3-2-4-8-20)26(35)28-19-13-11-18(12-14-19)27(36)31-16-25(34)29-21-9-5-6-10-23(21)31/h2-14,24H,15-16H2,1H3,(H,28,35)(H,29,34). The molecule has 0 saturated heterocycles. The third-order valence-corrected chi connectivity index (χ3v) is 6.07. The first-order valence-electron chi connectivity index (χ1n) is 11.4. The van der Waals surface area contributed by atoms with Crippen LogP contribution in [0.5, 0.6) is 0 Å². The van der Waals surface area contributed by atoms with Crippen molar-refractivity contribution in [3.63, 3.8) is 0 Å². The third kappa shape index (κ3) is 4.46. The summed E-state index contributed by atoms with van der Waals surface area (Å²) in [6.45, 7) is 1.40. The number of Topliss-reactive ketones (excluding diaryl/α,β-unsaturated/α-hetero) is 1. The second-order valence-corrected chi connectivity index (χ2v) is 8.55. The van der Waals surface area contributed by atoms with Gasteiger partial charge >= 0.3 is 0 Å². The van der Waals surface area contributed by atoms with Crippen molar-refractivity contribution in [2.45, 2.75) is 19.4 Å². The average Bonchev–Trinajstić information content (AvgIpc) is 3.35. The van der Waals surface area contributed by atoms with Gasteiger partial charge in [0.1, 0.15) is 18.3 Å². The first kappa shape index (κ1) is 23.0. The fraction of sp³-hybridized carbons (Fsp3) is 0.148. The highest BCUT2D eigenvalue weighted by atomic mass is 16.2. The third-order valence-electron chi connectivity index (χ3n) is 6.07. The lowest BCUT2D eigenvalue weighted by atomic mass is 10.1. The van der Waals surface area contributed by atoms with Crippen LogP contribution in [0.3, 0.4) is 0 Å². The largest absolute Gasteiger partial charge is 0.323 e. The summed E-state index contributed by atoms with van der Waals surface area (Å²) in [6, 6.07) is 22.2. The summed E-state index contributed by atoms with van der Waals surface area (Å²) in [6.07, 6.45) is 0.197. The molecule has 0 saturated carbocycles. The molecule has 0 aromatic heterocycles. The van der Waals surface area contributed by atoms with Crippen molar-refractivity contribution in [1.82, 2.24) is 0 Å². The second kappa shape index (κ2) is 9.46. The number of carbonyl (C=O) groups excluding carboxylic acids is 4. The van der Waals surface area contributed by atoms with Crippen LogP contribution in [0.1, 0.15) is 23.7 Å². The van der Waals surface area contributed by atoms with Crippen molar-refractivity contribution in [3.8, 4) is 0 Å². The predicted octanol–water partition coefficient (Wildman–Crippen LogP) is 3.45. The number of hydrazone groups is 1. The lowest BCUT2D eigenvalue weighted by Crippen LogP contribution is -2.42. The number of para-hydroxylation sites is 3. The molecular weight excluding hydrogens is 458 g/mol. The van der Waals surface area contributed by atoms with E-state index in [1.54, 1.807) is 53.5 Å². The number of hydrogen-bond donors (Lipinski definition) is 2. The normalized spacial score (nSPS) is 16.6. The Hall–Kier alpha value is -4.79. The molecule has 2 heterocycles. The van der Waals surface area contributed by atoms with Crippen LogP contribution in [0.25, 0.3) is 0 Å². The van der Waals surface area contributed by atoms with Crippen molar-refractivity contribution in [1.29, 1.82) is 0 Å². The van der Waals surface area contributed by atoms with Gasteiger partial charge in [-0.15, -0.1) is 0 Å². The maximum atomic E-state index is 13.1. The maximum Gasteiger partial charge on any atom is 0.271 e. The molecule has 0 spiro atoms. The fourth-order valence-corrected chi connectivity index (χ4v) is 4.25. The van der Waals surface area contributed by atoms with E-state index in [0.717, 1.165) is 5.69 Å². The van der Waals surface area contributed by atoms with Gasteiger partial charge in [-0.05, 0) is 55.5 Å². The van der Waals surface area contributed by atoms with Crippen LogP contribution in [-0.4, -0.2) is 41.8 Å². The van der Waals surface area contributed by atoms with Crippen LogP contribution >= 0.6 is 0 Å². The zero-order chi connectivity index (χ0) is 25.2. The first-order valence-corrected chi connectivity index (χ1v) is 11.4. The molecular formula is C27H23N5O4. The van der Waals surface area contributed by atoms with E-state index < -0.39 is 11.9 Å². The molecule has 9 heteroatoms. The Bertz CT molecular complexity index is 1380. The zero-order valence-electron chi connectivity index (χ0n) is 19.5. The van der Waals surface area contributed by atoms with Gasteiger partial charge in [-0.25, -0.2) is 0 Å². The molecule has 3 aromatic rings. The van der Waals surface area contributed by atoms with Gasteiger partial charge in [0, 0.05) is 17.7 Å². The van der Waals surface area contributed by atoms with Crippen LogP contribution in [0, 0.1) is 0 Å². The number of nitrogens with one attached hydrogen (secondary N) is 2. The molecule has 0 fully saturated rings. The van der Waals surface area contributed by atoms with Crippen LogP contribution < -0.4 is 20.5 Å². The highest BCUT2D eigenvalue weighted by Crippen LogP contribution is 2.30. The van der Waals surface area contributed by atoms with Crippen LogP contribution in [0.4, 0.5) is 22.7 Å². The van der Waals surface area contributed by atoms with E-state index in [1.807, 2.05) is 30.3 Å². The molecule has 2 aliphatic rings. The summed E-state index contributed by atoms with van der Waals surface area (Å²) in [5.41, 5.74) is 3.04. The van der Waals surface area contributed by atoms with Crippen molar-refractivity contribution in [3.05, 3.63) is 84.4 Å². The minimum absolute atomic E-state index is 0.0800. The number of fused-ring (bicyclic) bond motifs is 1. The first-order chi connectivity index (χ1) is 17.4. The smallest absolute Gasteiger partial charge is 0.271 e. The molecule has 5 rings (SSSR count). The zero-order valence-corrected chi connectivity index (χ0v) is 19.5. The lowest BCUT2D eigenvalue weighted by molar-refractivity contribution is -0.118. The van der Waals surface area contributed by atoms with Gasteiger partial charge in [-0.1, -0.05) is 30.3 Å². The highest BCUT2D eigenvalue weighted by molar-refractivity contribution is 6.44. The number of carbonyl (C=O) groups is 4. The number of anilines is 4. The molecule has 9 nitrogen and oxygen atoms in total. The van der Waals surface area contributed by atoms with E-state index in [9.17, 15) is 19.2 Å². The Morgan fingerprint density at radius 2 is 1.64 bits per heavy atom. The molecule has 3 amide bonds. The Labute approximate surface area is 207 Å². The highest BCUT2D eigenvalue weighted by Gasteiger charge is 2.34. The number of amides is 3. The van der Waals surface area contributed by atoms with Crippen LogP contribution in [0.15, 0.2) is 84.0 Å². The van der Waals surface area contributed by atoms with Gasteiger partial charge in [0.15, 0.2) is 5.78 Å². The van der Waals surface area contributed by atoms with Gasteiger partial charge in [-0.2, -0.15) is 5.10 Å². The van der Waals surface area contributed by atoms with E-state index >= 15 is 0 Å². The van der Waals surface area contributed by atoms with Gasteiger partial charge in [0.25, 0.3) is 11.8 Å². The average molecular weight is 482 g/mol. The van der Waals surface area contributed by atoms with E-state index in [-0.39, 0.29) is 36.3 Å². The Kier molecular flexibility index (Phi) is 6.03. The van der Waals surface area contributed by atoms with Crippen LogP contribution in [-0.2, 0) is 14.4 Å². The molecule has 1 atom stereocenters. The van der Waals surface area contributed by atoms with Gasteiger partial charge in [-0.3, -0.25) is 29.1 Å². The summed E-state index contributed by atoms with van der Waals surface area (Å²) in [7, 11) is 0. The van der Waals surface area contributed by atoms with E-state index in [0.29, 0.717) is 22.6 Å². The van der Waals surface area contributed by atoms with E-state index in [2.05, 4.69) is 15.7 Å². The van der Waals surface area contributed by atoms with E-state index in [4.69, 9.17) is 0 Å². The molecule has 2 N–H and O–H groups in total. The summed E-state index contributed by atoms with van der Waals surface area (Å²) in [4.78, 5) is 51.7. The molecule has 36 heavy (non-hydrogen) atoms. The summed E-state index contributed by atoms with van der Waals surface area (Å²) in [5, 5.41) is 11.5. The van der Waals surface area contributed by atoms with Crippen molar-refractivity contribution in [2.24, 2.45) is 5.10 Å². The quantitative estimate of drug-likeness (QED) is 0.580. The van der Waals surface area contributed by atoms with E-state index in [1.165, 1.54) is 11.8 Å². The van der Waals surface area contributed by atoms with Crippen molar-refractivity contribution >= 4 is 52.0 Å². The molecule has 180 valence electrons. The number of ketones is 1. The topological polar surface area (TPSA) is 111 Å². The summed E-state index contributed by atoms with van der Waals surface area (Å²) in [5.74, 6) is -1.09. The number of hydrogen-bond acceptors (Lipinski definition) is 6. The Balaban J connectivity index is 1.30. The van der Waals surface area contributed by atoms with Crippen molar-refractivity contribution in [2.75, 3.05) is 27.1 Å². The SMILES string of the molecule is CC(=O)C1CC(C(=O)Nc2ccc(C(=O)N3CC(=O)Nc4ccccc43)cc2)=NN1c1ccccc1. The van der Waals surface area contributed by atoms with Gasteiger partial charge in [0.2, 0.25) is 5.91 Å². The molecule has 0 radical (unpaired) electrons. The number of benzene rings is 3. The van der Waals surface area contributed by atoms with Crippen molar-refractivity contribution < 1.29 is 19.2 Å². The molecule has 0 bridgehead atoms. The summed E-state index contributed by atoms with van der Waals surface area (Å²) >= 11 is 0. The minimum Gasteiger partial charge on any atom is -0.323 e. The lowest BCUT2D eigenvalue weighted by Gasteiger charge is -2.29. The molecule has 0 aliphatic carbocycles. The fourth-order valence-electron chi connectivity index (χ4n) is 4.25. The predicted molar refractivity (Wildman–Crippen MR) is 137 cm³/mol. The van der Waals surface area contributed by atoms with Crippen LogP contribution in [0.2, 0.25) is 0 Å². The summed E-state index contributed by atoms with van der Waals surface area (Å²) < 4.78 is 0. The Morgan fingerprint density at radius 1 is 0.944 bits per heavy atom. The molecule has 2 aliphatic heterocycles. The van der Waals surface area contributed by atoms with Gasteiger partial charge < -0.3 is 10.6 Å². The second-order valence-electron chi connectivity index (χ2n) is 8.55. The number of nitrogens with zero attached hydrogens (tertiary/aromatic N) is 3. The Morgan fingerprint density at radius 3 is 2.36 bits per heavy atom. The molecule has 1 unspecified atom stereocenters.